The summed E-state index contributed by atoms with van der Waals surface area (Å²) in [6.07, 6.45) is 7.22. The number of likely N-dealkylation sites (tertiary alicyclic amines) is 1. The van der Waals surface area contributed by atoms with E-state index in [9.17, 15) is 9.59 Å². The van der Waals surface area contributed by atoms with Gasteiger partial charge in [0, 0.05) is 57.8 Å². The van der Waals surface area contributed by atoms with Crippen molar-refractivity contribution in [3.8, 4) is 11.5 Å². The van der Waals surface area contributed by atoms with Gasteiger partial charge in [-0.15, -0.1) is 0 Å². The van der Waals surface area contributed by atoms with Gasteiger partial charge in [-0.3, -0.25) is 9.59 Å². The molecule has 1 aliphatic carbocycles. The van der Waals surface area contributed by atoms with E-state index in [1.54, 1.807) is 37.4 Å². The molecule has 0 N–H and O–H groups in total. The highest BCUT2D eigenvalue weighted by atomic mass is 16.5. The molecule has 32 heavy (non-hydrogen) atoms. The van der Waals surface area contributed by atoms with Gasteiger partial charge in [0.05, 0.1) is 19.2 Å². The third-order valence-electron chi connectivity index (χ3n) is 6.26. The molecule has 0 spiro atoms. The lowest BCUT2D eigenvalue weighted by atomic mass is 10.1. The first-order valence-electron chi connectivity index (χ1n) is 11.4. The second-order valence-corrected chi connectivity index (χ2v) is 8.57. The Bertz CT molecular complexity index is 961. The summed E-state index contributed by atoms with van der Waals surface area (Å²) < 4.78 is 13.7. The van der Waals surface area contributed by atoms with E-state index in [0.29, 0.717) is 36.7 Å². The molecule has 8 heteroatoms. The van der Waals surface area contributed by atoms with Crippen molar-refractivity contribution in [3.63, 3.8) is 0 Å². The van der Waals surface area contributed by atoms with E-state index in [4.69, 9.17) is 9.47 Å². The fraction of sp³-hybridized carbons (Fsp3) is 0.542. The van der Waals surface area contributed by atoms with Gasteiger partial charge in [-0.1, -0.05) is 0 Å². The summed E-state index contributed by atoms with van der Waals surface area (Å²) in [5.74, 6) is 2.38. The van der Waals surface area contributed by atoms with Gasteiger partial charge in [-0.05, 0) is 38.0 Å². The van der Waals surface area contributed by atoms with Crippen molar-refractivity contribution in [2.45, 2.75) is 51.8 Å². The Hall–Kier alpha value is -3.03. The van der Waals surface area contributed by atoms with Gasteiger partial charge in [0.2, 0.25) is 5.91 Å². The Kier molecular flexibility index (Phi) is 6.67. The number of aromatic nitrogens is 2. The van der Waals surface area contributed by atoms with E-state index >= 15 is 0 Å². The first kappa shape index (κ1) is 22.2. The summed E-state index contributed by atoms with van der Waals surface area (Å²) >= 11 is 0. The highest BCUT2D eigenvalue weighted by Crippen LogP contribution is 2.33. The van der Waals surface area contributed by atoms with Crippen LogP contribution in [-0.2, 0) is 17.9 Å². The minimum absolute atomic E-state index is 0.0255. The molecular weight excluding hydrogens is 408 g/mol. The number of imidazole rings is 1. The minimum atomic E-state index is -0.147. The molecule has 2 aliphatic rings. The van der Waals surface area contributed by atoms with Crippen LogP contribution in [0.2, 0.25) is 0 Å². The van der Waals surface area contributed by atoms with Crippen LogP contribution >= 0.6 is 0 Å². The number of rotatable bonds is 8. The number of aryl methyl sites for hydroxylation is 1. The Labute approximate surface area is 189 Å². The summed E-state index contributed by atoms with van der Waals surface area (Å²) in [7, 11) is 3.35. The molecule has 0 atom stereocenters. The first-order valence-corrected chi connectivity index (χ1v) is 11.4. The number of carbonyl (C=O) groups is 2. The number of nitrogens with zero attached hydrogens (tertiary/aromatic N) is 4. The van der Waals surface area contributed by atoms with Crippen molar-refractivity contribution < 1.29 is 19.1 Å². The van der Waals surface area contributed by atoms with Crippen LogP contribution < -0.4 is 9.47 Å². The van der Waals surface area contributed by atoms with Gasteiger partial charge in [-0.2, -0.15) is 0 Å². The molecule has 1 saturated heterocycles. The molecular formula is C24H32N4O4. The zero-order valence-corrected chi connectivity index (χ0v) is 19.1. The largest absolute Gasteiger partial charge is 0.497 e. The predicted molar refractivity (Wildman–Crippen MR) is 120 cm³/mol. The molecule has 8 nitrogen and oxygen atoms in total. The van der Waals surface area contributed by atoms with Crippen molar-refractivity contribution in [2.75, 3.05) is 27.2 Å². The Morgan fingerprint density at radius 3 is 2.59 bits per heavy atom. The van der Waals surface area contributed by atoms with Crippen molar-refractivity contribution in [3.05, 3.63) is 42.0 Å². The third kappa shape index (κ3) is 4.89. The van der Waals surface area contributed by atoms with Gasteiger partial charge in [0.1, 0.15) is 23.4 Å². The molecule has 172 valence electrons. The number of benzene rings is 1. The van der Waals surface area contributed by atoms with Crippen molar-refractivity contribution in [1.29, 1.82) is 0 Å². The van der Waals surface area contributed by atoms with E-state index in [1.807, 2.05) is 28.7 Å². The Balaban J connectivity index is 1.45. The molecule has 1 aliphatic heterocycles. The zero-order chi connectivity index (χ0) is 22.7. The lowest BCUT2D eigenvalue weighted by molar-refractivity contribution is -0.134. The number of methoxy groups -OCH3 is 1. The highest BCUT2D eigenvalue weighted by molar-refractivity contribution is 5.97. The highest BCUT2D eigenvalue weighted by Gasteiger charge is 2.35. The Morgan fingerprint density at radius 1 is 1.19 bits per heavy atom. The maximum atomic E-state index is 13.3. The zero-order valence-electron chi connectivity index (χ0n) is 19.1. The van der Waals surface area contributed by atoms with Crippen molar-refractivity contribution in [1.82, 2.24) is 19.4 Å². The van der Waals surface area contributed by atoms with Crippen LogP contribution in [0.1, 0.15) is 48.8 Å². The summed E-state index contributed by atoms with van der Waals surface area (Å²) in [4.78, 5) is 33.6. The molecule has 1 aromatic carbocycles. The standard InChI is InChI=1S/C24H32N4O4/c1-4-27-14-11-25-22(27)16-26(2)24(30)20-15-19(31-3)7-8-21(20)32-18-9-12-28(13-10-18)23(29)17-5-6-17/h7-8,11,14-15,17-18H,4-6,9-10,12-13,16H2,1-3H3. The van der Waals surface area contributed by atoms with Gasteiger partial charge < -0.3 is 23.8 Å². The van der Waals surface area contributed by atoms with E-state index in [2.05, 4.69) is 4.98 Å². The fourth-order valence-corrected chi connectivity index (χ4v) is 4.14. The van der Waals surface area contributed by atoms with E-state index in [1.165, 1.54) is 0 Å². The molecule has 2 heterocycles. The molecule has 0 bridgehead atoms. The average Bonchev–Trinajstić information content (AvgIpc) is 3.58. The van der Waals surface area contributed by atoms with Gasteiger partial charge in [-0.25, -0.2) is 4.98 Å². The van der Waals surface area contributed by atoms with Crippen LogP contribution in [-0.4, -0.2) is 64.5 Å². The number of piperidine rings is 1. The van der Waals surface area contributed by atoms with E-state index in [-0.39, 0.29) is 23.8 Å². The maximum absolute atomic E-state index is 13.3. The molecule has 1 aromatic heterocycles. The summed E-state index contributed by atoms with van der Waals surface area (Å²) in [6.45, 7) is 4.66. The number of hydrogen-bond acceptors (Lipinski definition) is 5. The summed E-state index contributed by atoms with van der Waals surface area (Å²) in [5, 5.41) is 0. The normalized spacial score (nSPS) is 16.7. The van der Waals surface area contributed by atoms with Gasteiger partial charge in [0.15, 0.2) is 0 Å². The molecule has 0 radical (unpaired) electrons. The van der Waals surface area contributed by atoms with Crippen LogP contribution in [0.25, 0.3) is 0 Å². The van der Waals surface area contributed by atoms with Gasteiger partial charge in [0.25, 0.3) is 5.91 Å². The van der Waals surface area contributed by atoms with Crippen LogP contribution in [0, 0.1) is 5.92 Å². The minimum Gasteiger partial charge on any atom is -0.497 e. The third-order valence-corrected chi connectivity index (χ3v) is 6.26. The molecule has 2 aromatic rings. The number of carbonyl (C=O) groups excluding carboxylic acids is 2. The maximum Gasteiger partial charge on any atom is 0.257 e. The molecule has 1 saturated carbocycles. The second-order valence-electron chi connectivity index (χ2n) is 8.57. The SMILES string of the molecule is CCn1ccnc1CN(C)C(=O)c1cc(OC)ccc1OC1CCN(C(=O)C2CC2)CC1. The summed E-state index contributed by atoms with van der Waals surface area (Å²) in [5.41, 5.74) is 0.470. The molecule has 4 rings (SSSR count). The number of hydrogen-bond donors (Lipinski definition) is 0. The second kappa shape index (κ2) is 9.63. The lowest BCUT2D eigenvalue weighted by Gasteiger charge is -2.33. The van der Waals surface area contributed by atoms with Crippen LogP contribution in [0.15, 0.2) is 30.6 Å². The van der Waals surface area contributed by atoms with Crippen LogP contribution in [0.5, 0.6) is 11.5 Å². The fourth-order valence-electron chi connectivity index (χ4n) is 4.14. The monoisotopic (exact) mass is 440 g/mol. The van der Waals surface area contributed by atoms with Crippen molar-refractivity contribution in [2.24, 2.45) is 5.92 Å². The quantitative estimate of drug-likeness (QED) is 0.631. The topological polar surface area (TPSA) is 76.9 Å². The summed E-state index contributed by atoms with van der Waals surface area (Å²) in [6, 6.07) is 5.34. The Morgan fingerprint density at radius 2 is 1.94 bits per heavy atom. The lowest BCUT2D eigenvalue weighted by Crippen LogP contribution is -2.42. The van der Waals surface area contributed by atoms with Gasteiger partial charge >= 0.3 is 0 Å². The molecule has 2 amide bonds. The molecule has 2 fully saturated rings. The predicted octanol–water partition coefficient (Wildman–Crippen LogP) is 2.96. The smallest absolute Gasteiger partial charge is 0.257 e. The first-order chi connectivity index (χ1) is 15.5. The molecule has 0 unspecified atom stereocenters. The average molecular weight is 441 g/mol. The van der Waals surface area contributed by atoms with Crippen molar-refractivity contribution >= 4 is 11.8 Å². The van der Waals surface area contributed by atoms with Crippen LogP contribution in [0.4, 0.5) is 0 Å². The van der Waals surface area contributed by atoms with Crippen LogP contribution in [0.3, 0.4) is 0 Å². The number of amides is 2. The number of ether oxygens (including phenoxy) is 2. The van der Waals surface area contributed by atoms with E-state index in [0.717, 1.165) is 38.1 Å². The van der Waals surface area contributed by atoms with E-state index < -0.39 is 0 Å².